The van der Waals surface area contributed by atoms with Crippen LogP contribution in [0.3, 0.4) is 0 Å². The summed E-state index contributed by atoms with van der Waals surface area (Å²) in [6, 6.07) is 13.5. The number of anilines is 2. The lowest BCUT2D eigenvalue weighted by molar-refractivity contribution is 0.414. The molecule has 2 N–H and O–H groups in total. The molecule has 0 amide bonds. The summed E-state index contributed by atoms with van der Waals surface area (Å²) in [4.78, 5) is 0.197. The minimum atomic E-state index is -3.61. The number of hydrogen-bond donors (Lipinski definition) is 2. The van der Waals surface area contributed by atoms with E-state index in [-0.39, 0.29) is 4.90 Å². The molecule has 0 spiro atoms. The Morgan fingerprint density at radius 3 is 2.08 bits per heavy atom. The van der Waals surface area contributed by atoms with E-state index in [1.807, 2.05) is 12.1 Å². The van der Waals surface area contributed by atoms with Crippen LogP contribution < -0.4 is 14.8 Å². The van der Waals surface area contributed by atoms with Crippen LogP contribution in [0.2, 0.25) is 0 Å². The topological polar surface area (TPSA) is 67.4 Å². The first kappa shape index (κ1) is 18.1. The van der Waals surface area contributed by atoms with Crippen molar-refractivity contribution in [2.75, 3.05) is 23.7 Å². The van der Waals surface area contributed by atoms with Crippen LogP contribution in [0.4, 0.5) is 11.4 Å². The summed E-state index contributed by atoms with van der Waals surface area (Å²) in [6.07, 6.45) is 1.09. The Kier molecular flexibility index (Phi) is 6.09. The van der Waals surface area contributed by atoms with E-state index in [1.165, 1.54) is 12.1 Å². The summed E-state index contributed by atoms with van der Waals surface area (Å²) in [7, 11) is -2.07. The molecule has 0 radical (unpaired) electrons. The second kappa shape index (κ2) is 8.06. The summed E-state index contributed by atoms with van der Waals surface area (Å²) in [5.74, 6) is 1.26. The van der Waals surface area contributed by atoms with Gasteiger partial charge in [0.05, 0.1) is 12.0 Å². The molecule has 2 aromatic rings. The normalized spacial score (nSPS) is 11.3. The minimum Gasteiger partial charge on any atom is -0.497 e. The molecule has 2 aromatic carbocycles. The van der Waals surface area contributed by atoms with Gasteiger partial charge in [-0.15, -0.1) is 0 Å². The molecule has 0 bridgehead atoms. The molecule has 0 unspecified atom stereocenters. The van der Waals surface area contributed by atoms with Gasteiger partial charge in [-0.25, -0.2) is 8.42 Å². The summed E-state index contributed by atoms with van der Waals surface area (Å²) in [5.41, 5.74) is 1.50. The number of benzene rings is 2. The largest absolute Gasteiger partial charge is 0.497 e. The zero-order valence-electron chi connectivity index (χ0n) is 14.2. The summed E-state index contributed by atoms with van der Waals surface area (Å²) in [5, 5.41) is 3.32. The van der Waals surface area contributed by atoms with Crippen molar-refractivity contribution in [3.05, 3.63) is 48.5 Å². The number of methoxy groups -OCH3 is 1. The molecule has 0 atom stereocenters. The van der Waals surface area contributed by atoms with E-state index in [2.05, 4.69) is 23.9 Å². The first-order valence-corrected chi connectivity index (χ1v) is 9.40. The van der Waals surface area contributed by atoms with Gasteiger partial charge in [0, 0.05) is 17.9 Å². The van der Waals surface area contributed by atoms with Crippen molar-refractivity contribution < 1.29 is 13.2 Å². The third kappa shape index (κ3) is 5.16. The Morgan fingerprint density at radius 2 is 1.54 bits per heavy atom. The van der Waals surface area contributed by atoms with E-state index in [9.17, 15) is 8.42 Å². The molecule has 0 aromatic heterocycles. The van der Waals surface area contributed by atoms with Crippen LogP contribution in [0.1, 0.15) is 20.3 Å². The second-order valence-electron chi connectivity index (χ2n) is 5.97. The first-order chi connectivity index (χ1) is 11.4. The van der Waals surface area contributed by atoms with Crippen molar-refractivity contribution in [2.45, 2.75) is 25.2 Å². The second-order valence-corrected chi connectivity index (χ2v) is 7.65. The van der Waals surface area contributed by atoms with Crippen molar-refractivity contribution >= 4 is 21.4 Å². The fraction of sp³-hybridized carbons (Fsp3) is 0.333. The van der Waals surface area contributed by atoms with Crippen molar-refractivity contribution in [1.82, 2.24) is 0 Å². The number of ether oxygens (including phenoxy) is 1. The van der Waals surface area contributed by atoms with Crippen LogP contribution >= 0.6 is 0 Å². The van der Waals surface area contributed by atoms with Gasteiger partial charge in [-0.05, 0) is 60.9 Å². The van der Waals surface area contributed by atoms with Gasteiger partial charge in [-0.2, -0.15) is 0 Å². The minimum absolute atomic E-state index is 0.197. The average molecular weight is 348 g/mol. The maximum absolute atomic E-state index is 12.4. The van der Waals surface area contributed by atoms with E-state index in [0.717, 1.165) is 18.7 Å². The lowest BCUT2D eigenvalue weighted by Crippen LogP contribution is -2.13. The highest BCUT2D eigenvalue weighted by Gasteiger charge is 2.14. The van der Waals surface area contributed by atoms with Crippen LogP contribution in [0, 0.1) is 5.92 Å². The lowest BCUT2D eigenvalue weighted by Gasteiger charge is -2.11. The van der Waals surface area contributed by atoms with E-state index in [0.29, 0.717) is 17.4 Å². The zero-order chi connectivity index (χ0) is 17.6. The highest BCUT2D eigenvalue weighted by Crippen LogP contribution is 2.20. The van der Waals surface area contributed by atoms with Crippen LogP contribution in [0.25, 0.3) is 0 Å². The van der Waals surface area contributed by atoms with Gasteiger partial charge >= 0.3 is 0 Å². The molecule has 5 nitrogen and oxygen atoms in total. The van der Waals surface area contributed by atoms with Crippen molar-refractivity contribution in [2.24, 2.45) is 5.92 Å². The van der Waals surface area contributed by atoms with E-state index >= 15 is 0 Å². The third-order valence-corrected chi connectivity index (χ3v) is 4.95. The van der Waals surface area contributed by atoms with Crippen molar-refractivity contribution in [3.63, 3.8) is 0 Å². The Balaban J connectivity index is 2.01. The average Bonchev–Trinajstić information content (AvgIpc) is 2.56. The molecule has 6 heteroatoms. The Hall–Kier alpha value is -2.21. The fourth-order valence-electron chi connectivity index (χ4n) is 2.13. The standard InChI is InChI=1S/C18H24N2O3S/c1-14(2)12-13-19-15-4-6-16(7-5-15)20-24(21,22)18-10-8-17(23-3)9-11-18/h4-11,14,19-20H,12-13H2,1-3H3. The van der Waals surface area contributed by atoms with Crippen LogP contribution in [0.5, 0.6) is 5.75 Å². The molecule has 2 rings (SSSR count). The van der Waals surface area contributed by atoms with Crippen LogP contribution in [0.15, 0.2) is 53.4 Å². The quantitative estimate of drug-likeness (QED) is 0.758. The fourth-order valence-corrected chi connectivity index (χ4v) is 3.19. The smallest absolute Gasteiger partial charge is 0.261 e. The SMILES string of the molecule is COc1ccc(S(=O)(=O)Nc2ccc(NCCC(C)C)cc2)cc1. The van der Waals surface area contributed by atoms with Crippen molar-refractivity contribution in [1.29, 1.82) is 0 Å². The first-order valence-electron chi connectivity index (χ1n) is 7.91. The number of nitrogens with one attached hydrogen (secondary N) is 2. The predicted molar refractivity (Wildman–Crippen MR) is 98.2 cm³/mol. The van der Waals surface area contributed by atoms with E-state index in [1.54, 1.807) is 31.4 Å². The maximum atomic E-state index is 12.4. The number of sulfonamides is 1. The summed E-state index contributed by atoms with van der Waals surface area (Å²) >= 11 is 0. The lowest BCUT2D eigenvalue weighted by atomic mass is 10.1. The highest BCUT2D eigenvalue weighted by molar-refractivity contribution is 7.92. The van der Waals surface area contributed by atoms with Crippen LogP contribution in [-0.4, -0.2) is 22.1 Å². The predicted octanol–water partition coefficient (Wildman–Crippen LogP) is 3.95. The molecule has 0 aliphatic heterocycles. The van der Waals surface area contributed by atoms with Gasteiger partial charge < -0.3 is 10.1 Å². The number of rotatable bonds is 8. The number of hydrogen-bond acceptors (Lipinski definition) is 4. The summed E-state index contributed by atoms with van der Waals surface area (Å²) < 4.78 is 32.3. The molecular formula is C18H24N2O3S. The molecular weight excluding hydrogens is 324 g/mol. The monoisotopic (exact) mass is 348 g/mol. The summed E-state index contributed by atoms with van der Waals surface area (Å²) in [6.45, 7) is 5.26. The zero-order valence-corrected chi connectivity index (χ0v) is 15.1. The van der Waals surface area contributed by atoms with Gasteiger partial charge in [0.2, 0.25) is 0 Å². The maximum Gasteiger partial charge on any atom is 0.261 e. The van der Waals surface area contributed by atoms with Crippen LogP contribution in [-0.2, 0) is 10.0 Å². The van der Waals surface area contributed by atoms with Crippen molar-refractivity contribution in [3.8, 4) is 5.75 Å². The molecule has 0 aliphatic carbocycles. The molecule has 0 fully saturated rings. The van der Waals surface area contributed by atoms with E-state index in [4.69, 9.17) is 4.74 Å². The Morgan fingerprint density at radius 1 is 0.958 bits per heavy atom. The van der Waals surface area contributed by atoms with Gasteiger partial charge in [-0.1, -0.05) is 13.8 Å². The molecule has 0 saturated heterocycles. The molecule has 130 valence electrons. The van der Waals surface area contributed by atoms with Gasteiger partial charge in [0.15, 0.2) is 0 Å². The third-order valence-electron chi connectivity index (χ3n) is 3.56. The Bertz CT molecular complexity index is 739. The molecule has 0 saturated carbocycles. The van der Waals surface area contributed by atoms with Gasteiger partial charge in [0.1, 0.15) is 5.75 Å². The molecule has 0 heterocycles. The van der Waals surface area contributed by atoms with Gasteiger partial charge in [-0.3, -0.25) is 4.72 Å². The highest BCUT2D eigenvalue weighted by atomic mass is 32.2. The van der Waals surface area contributed by atoms with Gasteiger partial charge in [0.25, 0.3) is 10.0 Å². The molecule has 0 aliphatic rings. The Labute approximate surface area is 144 Å². The molecule has 24 heavy (non-hydrogen) atoms. The van der Waals surface area contributed by atoms with E-state index < -0.39 is 10.0 Å².